The van der Waals surface area contributed by atoms with Crippen LogP contribution in [0.15, 0.2) is 18.2 Å². The van der Waals surface area contributed by atoms with Gasteiger partial charge in [-0.3, -0.25) is 0 Å². The molecule has 0 saturated heterocycles. The quantitative estimate of drug-likeness (QED) is 0.631. The number of nitrogen functional groups attached to an aromatic ring is 1. The lowest BCUT2D eigenvalue weighted by Crippen LogP contribution is -2.30. The molecule has 0 saturated carbocycles. The van der Waals surface area contributed by atoms with E-state index in [1.54, 1.807) is 0 Å². The molecule has 2 nitrogen and oxygen atoms in total. The van der Waals surface area contributed by atoms with Gasteiger partial charge in [-0.25, -0.2) is 0 Å². The predicted molar refractivity (Wildman–Crippen MR) is 60.4 cm³/mol. The van der Waals surface area contributed by atoms with Crippen LogP contribution in [0.4, 0.5) is 5.69 Å². The molecule has 2 N–H and O–H groups in total. The van der Waals surface area contributed by atoms with Crippen molar-refractivity contribution in [2.45, 2.75) is 25.8 Å². The van der Waals surface area contributed by atoms with E-state index in [-0.39, 0.29) is 0 Å². The van der Waals surface area contributed by atoms with Gasteiger partial charge in [0.05, 0.1) is 0 Å². The van der Waals surface area contributed by atoms with Crippen LogP contribution in [0.2, 0.25) is 0 Å². The van der Waals surface area contributed by atoms with Crippen LogP contribution in [0.3, 0.4) is 0 Å². The van der Waals surface area contributed by atoms with Crippen molar-refractivity contribution >= 4 is 5.69 Å². The van der Waals surface area contributed by atoms with Gasteiger partial charge in [-0.2, -0.15) is 0 Å². The average molecular weight is 190 g/mol. The Kier molecular flexibility index (Phi) is 2.46. The Morgan fingerprint density at radius 3 is 2.93 bits per heavy atom. The molecule has 1 unspecified atom stereocenters. The summed E-state index contributed by atoms with van der Waals surface area (Å²) in [6.07, 6.45) is 2.27. The van der Waals surface area contributed by atoms with Gasteiger partial charge in [0.25, 0.3) is 0 Å². The highest BCUT2D eigenvalue weighted by molar-refractivity contribution is 5.45. The molecular formula is C12H18N2. The van der Waals surface area contributed by atoms with Crippen LogP contribution in [-0.4, -0.2) is 24.5 Å². The van der Waals surface area contributed by atoms with Gasteiger partial charge in [-0.15, -0.1) is 0 Å². The monoisotopic (exact) mass is 190 g/mol. The van der Waals surface area contributed by atoms with Gasteiger partial charge in [0.15, 0.2) is 0 Å². The average Bonchev–Trinajstić information content (AvgIpc) is 2.27. The lowest BCUT2D eigenvalue weighted by atomic mass is 10.0. The molecule has 2 heteroatoms. The standard InChI is InChI=1S/C12H18N2/c1-9-7-11-8-12(13)4-3-10(11)5-6-14(9)2/h3-4,8-9H,5-7,13H2,1-2H3. The van der Waals surface area contributed by atoms with Crippen molar-refractivity contribution in [1.29, 1.82) is 0 Å². The number of benzene rings is 1. The van der Waals surface area contributed by atoms with E-state index in [9.17, 15) is 0 Å². The fraction of sp³-hybridized carbons (Fsp3) is 0.500. The number of nitrogens with zero attached hydrogens (tertiary/aromatic N) is 1. The summed E-state index contributed by atoms with van der Waals surface area (Å²) in [5.74, 6) is 0. The van der Waals surface area contributed by atoms with Crippen molar-refractivity contribution < 1.29 is 0 Å². The van der Waals surface area contributed by atoms with E-state index in [2.05, 4.69) is 31.0 Å². The van der Waals surface area contributed by atoms with Gasteiger partial charge in [0, 0.05) is 18.3 Å². The molecule has 1 aromatic carbocycles. The van der Waals surface area contributed by atoms with Crippen molar-refractivity contribution in [3.8, 4) is 0 Å². The van der Waals surface area contributed by atoms with Gasteiger partial charge in [0.2, 0.25) is 0 Å². The Morgan fingerprint density at radius 1 is 1.36 bits per heavy atom. The van der Waals surface area contributed by atoms with Gasteiger partial charge >= 0.3 is 0 Å². The molecule has 0 spiro atoms. The van der Waals surface area contributed by atoms with Gasteiger partial charge in [-0.1, -0.05) is 6.07 Å². The first kappa shape index (κ1) is 9.53. The normalized spacial score (nSPS) is 22.9. The summed E-state index contributed by atoms with van der Waals surface area (Å²) >= 11 is 0. The Bertz CT molecular complexity index is 333. The van der Waals surface area contributed by atoms with Crippen molar-refractivity contribution in [2.75, 3.05) is 19.3 Å². The first-order valence-corrected chi connectivity index (χ1v) is 5.24. The van der Waals surface area contributed by atoms with Crippen LogP contribution in [0.25, 0.3) is 0 Å². The summed E-state index contributed by atoms with van der Waals surface area (Å²) in [4.78, 5) is 2.41. The molecular weight excluding hydrogens is 172 g/mol. The minimum atomic E-state index is 0.623. The first-order valence-electron chi connectivity index (χ1n) is 5.24. The van der Waals surface area contributed by atoms with E-state index >= 15 is 0 Å². The van der Waals surface area contributed by atoms with Gasteiger partial charge in [-0.05, 0) is 50.1 Å². The zero-order valence-electron chi connectivity index (χ0n) is 8.96. The van der Waals surface area contributed by atoms with Gasteiger partial charge < -0.3 is 10.6 Å². The Hall–Kier alpha value is -1.02. The molecule has 0 amide bonds. The maximum atomic E-state index is 5.80. The third-order valence-electron chi connectivity index (χ3n) is 3.23. The molecule has 1 heterocycles. The van der Waals surface area contributed by atoms with E-state index in [1.165, 1.54) is 11.1 Å². The largest absolute Gasteiger partial charge is 0.399 e. The maximum Gasteiger partial charge on any atom is 0.0316 e. The molecule has 0 bridgehead atoms. The Balaban J connectivity index is 2.33. The SMILES string of the molecule is CC1Cc2cc(N)ccc2CCN1C. The molecule has 0 aromatic heterocycles. The minimum Gasteiger partial charge on any atom is -0.399 e. The minimum absolute atomic E-state index is 0.623. The second kappa shape index (κ2) is 3.62. The van der Waals surface area contributed by atoms with E-state index in [0.29, 0.717) is 6.04 Å². The fourth-order valence-corrected chi connectivity index (χ4v) is 2.07. The smallest absolute Gasteiger partial charge is 0.0316 e. The van der Waals surface area contributed by atoms with Crippen molar-refractivity contribution in [3.05, 3.63) is 29.3 Å². The maximum absolute atomic E-state index is 5.80. The zero-order chi connectivity index (χ0) is 10.1. The molecule has 1 aliphatic rings. The van der Waals surface area contributed by atoms with Crippen molar-refractivity contribution in [2.24, 2.45) is 0 Å². The third-order valence-corrected chi connectivity index (χ3v) is 3.23. The summed E-state index contributed by atoms with van der Waals surface area (Å²) in [7, 11) is 2.19. The summed E-state index contributed by atoms with van der Waals surface area (Å²) in [5.41, 5.74) is 9.59. The molecule has 0 radical (unpaired) electrons. The lowest BCUT2D eigenvalue weighted by Gasteiger charge is -2.21. The van der Waals surface area contributed by atoms with E-state index in [4.69, 9.17) is 5.73 Å². The number of likely N-dealkylation sites (N-methyl/N-ethyl adjacent to an activating group) is 1. The molecule has 1 atom stereocenters. The topological polar surface area (TPSA) is 29.3 Å². The second-order valence-electron chi connectivity index (χ2n) is 4.31. The first-order chi connectivity index (χ1) is 6.66. The third kappa shape index (κ3) is 1.75. The molecule has 0 aliphatic carbocycles. The highest BCUT2D eigenvalue weighted by Gasteiger charge is 2.16. The molecule has 1 aliphatic heterocycles. The highest BCUT2D eigenvalue weighted by Crippen LogP contribution is 2.21. The highest BCUT2D eigenvalue weighted by atomic mass is 15.1. The van der Waals surface area contributed by atoms with Crippen LogP contribution in [0, 0.1) is 0 Å². The zero-order valence-corrected chi connectivity index (χ0v) is 8.96. The molecule has 0 fully saturated rings. The number of fused-ring (bicyclic) bond motifs is 1. The van der Waals surface area contributed by atoms with Crippen LogP contribution >= 0.6 is 0 Å². The molecule has 76 valence electrons. The predicted octanol–water partition coefficient (Wildman–Crippen LogP) is 1.69. The van der Waals surface area contributed by atoms with E-state index in [1.807, 2.05) is 6.07 Å². The number of rotatable bonds is 0. The lowest BCUT2D eigenvalue weighted by molar-refractivity contribution is 0.268. The summed E-state index contributed by atoms with van der Waals surface area (Å²) in [5, 5.41) is 0. The van der Waals surface area contributed by atoms with E-state index < -0.39 is 0 Å². The van der Waals surface area contributed by atoms with Crippen molar-refractivity contribution in [3.63, 3.8) is 0 Å². The van der Waals surface area contributed by atoms with Crippen molar-refractivity contribution in [1.82, 2.24) is 4.90 Å². The van der Waals surface area contributed by atoms with Gasteiger partial charge in [0.1, 0.15) is 0 Å². The Morgan fingerprint density at radius 2 is 2.14 bits per heavy atom. The Labute approximate surface area is 85.7 Å². The van der Waals surface area contributed by atoms with E-state index in [0.717, 1.165) is 25.1 Å². The number of nitrogens with two attached hydrogens (primary N) is 1. The van der Waals surface area contributed by atoms with Crippen LogP contribution in [0.5, 0.6) is 0 Å². The molecule has 2 rings (SSSR count). The van der Waals surface area contributed by atoms with Crippen LogP contribution < -0.4 is 5.73 Å². The number of hydrogen-bond donors (Lipinski definition) is 1. The number of hydrogen-bond acceptors (Lipinski definition) is 2. The molecule has 14 heavy (non-hydrogen) atoms. The van der Waals surface area contributed by atoms with Crippen LogP contribution in [-0.2, 0) is 12.8 Å². The summed E-state index contributed by atoms with van der Waals surface area (Å²) in [6, 6.07) is 6.94. The van der Waals surface area contributed by atoms with Crippen LogP contribution in [0.1, 0.15) is 18.1 Å². The summed E-state index contributed by atoms with van der Waals surface area (Å²) < 4.78 is 0. The molecule has 1 aromatic rings. The summed E-state index contributed by atoms with van der Waals surface area (Å²) in [6.45, 7) is 3.43. The number of anilines is 1. The second-order valence-corrected chi connectivity index (χ2v) is 4.31. The fourth-order valence-electron chi connectivity index (χ4n) is 2.07.